The normalized spacial score (nSPS) is 16.9. The van der Waals surface area contributed by atoms with Crippen molar-refractivity contribution in [1.29, 1.82) is 0 Å². The molecular formula is C21H19N3O7S. The fourth-order valence-electron chi connectivity index (χ4n) is 3.24. The molecule has 2 aromatic carbocycles. The van der Waals surface area contributed by atoms with Gasteiger partial charge < -0.3 is 14.5 Å². The number of sulfonamides is 1. The Morgan fingerprint density at radius 2 is 1.75 bits per heavy atom. The Hall–Kier alpha value is -3.67. The van der Waals surface area contributed by atoms with Gasteiger partial charge >= 0.3 is 0 Å². The molecule has 4 rings (SSSR count). The first-order valence-corrected chi connectivity index (χ1v) is 11.0. The second-order valence-electron chi connectivity index (χ2n) is 6.89. The van der Waals surface area contributed by atoms with Gasteiger partial charge in [-0.15, -0.1) is 0 Å². The molecule has 1 saturated heterocycles. The highest BCUT2D eigenvalue weighted by atomic mass is 32.2. The molecule has 1 aromatic heterocycles. The second kappa shape index (κ2) is 8.83. The lowest BCUT2D eigenvalue weighted by atomic mass is 10.2. The number of ether oxygens (including phenoxy) is 1. The molecule has 0 radical (unpaired) electrons. The fraction of sp³-hybridized carbons (Fsp3) is 0.143. The molecule has 1 atom stereocenters. The van der Waals surface area contributed by atoms with Crippen LogP contribution in [0.1, 0.15) is 6.42 Å². The molecule has 0 spiro atoms. The van der Waals surface area contributed by atoms with Crippen molar-refractivity contribution in [3.63, 3.8) is 0 Å². The number of hydrogen-bond acceptors (Lipinski definition) is 7. The van der Waals surface area contributed by atoms with Crippen molar-refractivity contribution in [3.05, 3.63) is 66.9 Å². The van der Waals surface area contributed by atoms with E-state index in [1.54, 1.807) is 24.5 Å². The van der Waals surface area contributed by atoms with Crippen LogP contribution < -0.4 is 15.5 Å². The van der Waals surface area contributed by atoms with Gasteiger partial charge in [0.2, 0.25) is 15.9 Å². The Kier molecular flexibility index (Phi) is 5.95. The Labute approximate surface area is 183 Å². The maximum atomic E-state index is 13.0. The van der Waals surface area contributed by atoms with Gasteiger partial charge in [0.25, 0.3) is 5.91 Å². The zero-order chi connectivity index (χ0) is 22.7. The van der Waals surface area contributed by atoms with E-state index in [2.05, 4.69) is 5.32 Å². The summed E-state index contributed by atoms with van der Waals surface area (Å²) in [5.74, 6) is 0.139. The van der Waals surface area contributed by atoms with Gasteiger partial charge in [-0.1, -0.05) is 0 Å². The molecule has 2 amide bonds. The van der Waals surface area contributed by atoms with Crippen LogP contribution in [0.25, 0.3) is 11.3 Å². The van der Waals surface area contributed by atoms with E-state index in [-0.39, 0.29) is 17.9 Å². The highest BCUT2D eigenvalue weighted by molar-refractivity contribution is 7.89. The van der Waals surface area contributed by atoms with E-state index in [1.807, 2.05) is 18.2 Å². The molecule has 0 unspecified atom stereocenters. The summed E-state index contributed by atoms with van der Waals surface area (Å²) in [5, 5.41) is 11.1. The van der Waals surface area contributed by atoms with E-state index in [1.165, 1.54) is 29.7 Å². The smallest absolute Gasteiger partial charge is 0.282 e. The van der Waals surface area contributed by atoms with Crippen LogP contribution in [0.3, 0.4) is 0 Å². The Morgan fingerprint density at radius 3 is 2.34 bits per heavy atom. The van der Waals surface area contributed by atoms with E-state index in [0.29, 0.717) is 11.5 Å². The topological polar surface area (TPSA) is 138 Å². The highest BCUT2D eigenvalue weighted by Crippen LogP contribution is 2.28. The summed E-state index contributed by atoms with van der Waals surface area (Å²) < 4.78 is 37.9. The van der Waals surface area contributed by atoms with Gasteiger partial charge in [0.15, 0.2) is 6.17 Å². The summed E-state index contributed by atoms with van der Waals surface area (Å²) >= 11 is 0. The molecule has 1 aliphatic heterocycles. The number of carbonyl (C=O) groups excluding carboxylic acids is 2. The summed E-state index contributed by atoms with van der Waals surface area (Å²) in [6.45, 7) is -0.202. The Bertz CT molecular complexity index is 1210. The SMILES string of the molecule is O=C1CCN(S(=O)(=O)c2ccc(Oc3ccc(-c4ccco4)cc3)cc2)[C@H](C(=O)NO)N1. The van der Waals surface area contributed by atoms with Crippen LogP contribution in [0.2, 0.25) is 0 Å². The van der Waals surface area contributed by atoms with Gasteiger partial charge in [-0.2, -0.15) is 4.31 Å². The third-order valence-corrected chi connectivity index (χ3v) is 6.71. The first-order valence-electron chi connectivity index (χ1n) is 9.55. The van der Waals surface area contributed by atoms with Crippen molar-refractivity contribution in [2.75, 3.05) is 6.54 Å². The quantitative estimate of drug-likeness (QED) is 0.380. The zero-order valence-electron chi connectivity index (χ0n) is 16.6. The van der Waals surface area contributed by atoms with E-state index in [9.17, 15) is 18.0 Å². The van der Waals surface area contributed by atoms with Crippen LogP contribution in [-0.4, -0.2) is 42.5 Å². The molecule has 0 aliphatic carbocycles. The number of carbonyl (C=O) groups is 2. The summed E-state index contributed by atoms with van der Waals surface area (Å²) in [6.07, 6.45) is -0.0651. The third kappa shape index (κ3) is 4.35. The standard InChI is InChI=1S/C21H19N3O7S/c25-19-11-12-24(20(22-19)21(26)23-27)32(28,29)17-9-7-16(8-10-17)31-15-5-3-14(4-6-15)18-2-1-13-30-18/h1-10,13,20,27H,11-12H2,(H,22,25)(H,23,26)/t20-/m1/s1. The lowest BCUT2D eigenvalue weighted by Crippen LogP contribution is -2.61. The third-order valence-electron chi connectivity index (χ3n) is 4.83. The van der Waals surface area contributed by atoms with Gasteiger partial charge in [-0.3, -0.25) is 14.8 Å². The molecule has 32 heavy (non-hydrogen) atoms. The van der Waals surface area contributed by atoms with Crippen molar-refractivity contribution >= 4 is 21.8 Å². The van der Waals surface area contributed by atoms with Crippen LogP contribution >= 0.6 is 0 Å². The van der Waals surface area contributed by atoms with E-state index < -0.39 is 28.0 Å². The predicted octanol–water partition coefficient (Wildman–Crippen LogP) is 2.08. The van der Waals surface area contributed by atoms with Crippen molar-refractivity contribution in [3.8, 4) is 22.8 Å². The molecule has 2 heterocycles. The second-order valence-corrected chi connectivity index (χ2v) is 8.78. The van der Waals surface area contributed by atoms with Crippen LogP contribution in [0, 0.1) is 0 Å². The molecule has 1 aliphatic rings. The van der Waals surface area contributed by atoms with E-state index in [4.69, 9.17) is 14.4 Å². The molecule has 0 bridgehead atoms. The summed E-state index contributed by atoms with van der Waals surface area (Å²) in [5.41, 5.74) is 2.26. The number of furan rings is 1. The minimum absolute atomic E-state index is 0.0927. The van der Waals surface area contributed by atoms with Crippen molar-refractivity contribution in [2.45, 2.75) is 17.5 Å². The molecule has 1 fully saturated rings. The van der Waals surface area contributed by atoms with Gasteiger partial charge in [-0.05, 0) is 60.7 Å². The van der Waals surface area contributed by atoms with Crippen molar-refractivity contribution < 1.29 is 32.4 Å². The summed E-state index contributed by atoms with van der Waals surface area (Å²) in [6, 6.07) is 16.5. The van der Waals surface area contributed by atoms with Crippen LogP contribution in [0.4, 0.5) is 0 Å². The number of benzene rings is 2. The summed E-state index contributed by atoms with van der Waals surface area (Å²) in [4.78, 5) is 23.3. The first kappa shape index (κ1) is 21.6. The number of nitrogens with zero attached hydrogens (tertiary/aromatic N) is 1. The maximum absolute atomic E-state index is 13.0. The van der Waals surface area contributed by atoms with Crippen LogP contribution in [-0.2, 0) is 19.6 Å². The number of hydrogen-bond donors (Lipinski definition) is 3. The largest absolute Gasteiger partial charge is 0.464 e. The van der Waals surface area contributed by atoms with Gasteiger partial charge in [0.05, 0.1) is 11.2 Å². The number of rotatable bonds is 6. The van der Waals surface area contributed by atoms with Crippen molar-refractivity contribution in [2.24, 2.45) is 0 Å². The summed E-state index contributed by atoms with van der Waals surface area (Å²) in [7, 11) is -4.13. The fourth-order valence-corrected chi connectivity index (χ4v) is 4.74. The average molecular weight is 457 g/mol. The van der Waals surface area contributed by atoms with Crippen molar-refractivity contribution in [1.82, 2.24) is 15.1 Å². The minimum Gasteiger partial charge on any atom is -0.464 e. The number of hydroxylamine groups is 1. The number of nitrogens with one attached hydrogen (secondary N) is 2. The van der Waals surface area contributed by atoms with Gasteiger partial charge in [-0.25, -0.2) is 13.9 Å². The van der Waals surface area contributed by atoms with Gasteiger partial charge in [0.1, 0.15) is 17.3 Å². The Balaban J connectivity index is 1.50. The monoisotopic (exact) mass is 457 g/mol. The molecule has 0 saturated carbocycles. The minimum atomic E-state index is -4.13. The lowest BCUT2D eigenvalue weighted by molar-refractivity contribution is -0.140. The molecular weight excluding hydrogens is 438 g/mol. The predicted molar refractivity (Wildman–Crippen MR) is 111 cm³/mol. The van der Waals surface area contributed by atoms with Crippen LogP contribution in [0.15, 0.2) is 76.2 Å². The molecule has 11 heteroatoms. The van der Waals surface area contributed by atoms with Gasteiger partial charge in [0, 0.05) is 18.5 Å². The Morgan fingerprint density at radius 1 is 1.09 bits per heavy atom. The average Bonchev–Trinajstić information content (AvgIpc) is 3.34. The lowest BCUT2D eigenvalue weighted by Gasteiger charge is -2.33. The van der Waals surface area contributed by atoms with E-state index in [0.717, 1.165) is 15.6 Å². The molecule has 166 valence electrons. The molecule has 10 nitrogen and oxygen atoms in total. The zero-order valence-corrected chi connectivity index (χ0v) is 17.4. The van der Waals surface area contributed by atoms with Crippen LogP contribution in [0.5, 0.6) is 11.5 Å². The maximum Gasteiger partial charge on any atom is 0.282 e. The number of amides is 2. The molecule has 3 N–H and O–H groups in total. The molecule has 3 aromatic rings. The highest BCUT2D eigenvalue weighted by Gasteiger charge is 2.40. The first-order chi connectivity index (χ1) is 15.4. The van der Waals surface area contributed by atoms with E-state index >= 15 is 0 Å².